The van der Waals surface area contributed by atoms with Gasteiger partial charge in [0.05, 0.1) is 11.0 Å². The van der Waals surface area contributed by atoms with Crippen molar-refractivity contribution >= 4 is 11.0 Å². The Morgan fingerprint density at radius 1 is 0.933 bits per heavy atom. The van der Waals surface area contributed by atoms with Crippen LogP contribution in [0.2, 0.25) is 0 Å². The van der Waals surface area contributed by atoms with Crippen molar-refractivity contribution in [2.75, 3.05) is 0 Å². The van der Waals surface area contributed by atoms with E-state index in [1.165, 1.54) is 0 Å². The maximum Gasteiger partial charge on any atom is 0.195 e. The Kier molecular flexibility index (Phi) is 1.71. The van der Waals surface area contributed by atoms with Gasteiger partial charge in [0.25, 0.3) is 0 Å². The quantitative estimate of drug-likeness (QED) is 0.647. The molecular formula is C11H8N4. The second-order valence-electron chi connectivity index (χ2n) is 3.17. The molecule has 3 aromatic rings. The van der Waals surface area contributed by atoms with Crippen molar-refractivity contribution in [2.45, 2.75) is 0 Å². The highest BCUT2D eigenvalue weighted by atomic mass is 15.0. The summed E-state index contributed by atoms with van der Waals surface area (Å²) in [5, 5.41) is 0. The molecule has 0 aliphatic heterocycles. The first-order valence-electron chi connectivity index (χ1n) is 4.65. The lowest BCUT2D eigenvalue weighted by Crippen LogP contribution is -1.87. The molecule has 0 radical (unpaired) electrons. The molecule has 0 spiro atoms. The van der Waals surface area contributed by atoms with E-state index in [9.17, 15) is 0 Å². The number of aromatic nitrogens is 4. The van der Waals surface area contributed by atoms with Crippen LogP contribution in [0, 0.1) is 0 Å². The lowest BCUT2D eigenvalue weighted by molar-refractivity contribution is 1.13. The van der Waals surface area contributed by atoms with Crippen molar-refractivity contribution in [1.82, 2.24) is 19.9 Å². The first kappa shape index (κ1) is 8.11. The molecule has 1 aromatic carbocycles. The van der Waals surface area contributed by atoms with Gasteiger partial charge < -0.3 is 4.98 Å². The SMILES string of the molecule is c1cnc(-c2nc3ccccc3[nH]2)nc1. The fraction of sp³-hybridized carbons (Fsp3) is 0. The van der Waals surface area contributed by atoms with Gasteiger partial charge in [-0.05, 0) is 18.2 Å². The van der Waals surface area contributed by atoms with E-state index in [0.29, 0.717) is 11.6 Å². The largest absolute Gasteiger partial charge is 0.335 e. The van der Waals surface area contributed by atoms with Crippen LogP contribution in [0.4, 0.5) is 0 Å². The van der Waals surface area contributed by atoms with Crippen LogP contribution in [0.1, 0.15) is 0 Å². The maximum atomic E-state index is 4.40. The zero-order chi connectivity index (χ0) is 10.1. The smallest absolute Gasteiger partial charge is 0.195 e. The van der Waals surface area contributed by atoms with Gasteiger partial charge in [0, 0.05) is 12.4 Å². The van der Waals surface area contributed by atoms with E-state index in [2.05, 4.69) is 19.9 Å². The highest BCUT2D eigenvalue weighted by molar-refractivity contribution is 5.77. The van der Waals surface area contributed by atoms with E-state index < -0.39 is 0 Å². The van der Waals surface area contributed by atoms with Gasteiger partial charge in [0.15, 0.2) is 11.6 Å². The Morgan fingerprint density at radius 2 is 1.73 bits per heavy atom. The number of H-pyrrole nitrogens is 1. The number of para-hydroxylation sites is 2. The van der Waals surface area contributed by atoms with Crippen LogP contribution in [0.5, 0.6) is 0 Å². The van der Waals surface area contributed by atoms with Gasteiger partial charge in [-0.15, -0.1) is 0 Å². The molecule has 0 aliphatic carbocycles. The number of imidazole rings is 1. The summed E-state index contributed by atoms with van der Waals surface area (Å²) in [5.41, 5.74) is 1.93. The lowest BCUT2D eigenvalue weighted by Gasteiger charge is -1.90. The fourth-order valence-electron chi connectivity index (χ4n) is 1.48. The molecule has 4 nitrogen and oxygen atoms in total. The zero-order valence-electron chi connectivity index (χ0n) is 7.88. The molecule has 0 atom stereocenters. The molecule has 0 unspecified atom stereocenters. The van der Waals surface area contributed by atoms with Gasteiger partial charge in [-0.1, -0.05) is 12.1 Å². The molecule has 1 N–H and O–H groups in total. The van der Waals surface area contributed by atoms with Crippen LogP contribution in [0.15, 0.2) is 42.7 Å². The number of aromatic amines is 1. The summed E-state index contributed by atoms with van der Waals surface area (Å²) in [7, 11) is 0. The molecular weight excluding hydrogens is 188 g/mol. The van der Waals surface area contributed by atoms with Gasteiger partial charge >= 0.3 is 0 Å². The van der Waals surface area contributed by atoms with Crippen LogP contribution in [0.25, 0.3) is 22.7 Å². The molecule has 4 heteroatoms. The molecule has 15 heavy (non-hydrogen) atoms. The minimum atomic E-state index is 0.619. The van der Waals surface area contributed by atoms with Gasteiger partial charge in [0.2, 0.25) is 0 Å². The molecule has 0 amide bonds. The predicted molar refractivity (Wildman–Crippen MR) is 57.1 cm³/mol. The van der Waals surface area contributed by atoms with Gasteiger partial charge in [-0.25, -0.2) is 15.0 Å². The summed E-state index contributed by atoms with van der Waals surface area (Å²) in [4.78, 5) is 15.9. The third-order valence-electron chi connectivity index (χ3n) is 2.17. The Labute approximate surface area is 86.0 Å². The standard InChI is InChI=1S/C11H8N4/c1-2-5-9-8(4-1)14-11(15-9)10-12-6-3-7-13-10/h1-7H,(H,14,15). The third kappa shape index (κ3) is 1.36. The number of fused-ring (bicyclic) bond motifs is 1. The second kappa shape index (κ2) is 3.16. The normalized spacial score (nSPS) is 10.7. The summed E-state index contributed by atoms with van der Waals surface area (Å²) in [5.74, 6) is 1.32. The van der Waals surface area contributed by atoms with E-state index in [4.69, 9.17) is 0 Å². The van der Waals surface area contributed by atoms with Crippen molar-refractivity contribution in [3.05, 3.63) is 42.7 Å². The Balaban J connectivity index is 2.21. The molecule has 3 rings (SSSR count). The van der Waals surface area contributed by atoms with Crippen molar-refractivity contribution in [1.29, 1.82) is 0 Å². The monoisotopic (exact) mass is 196 g/mol. The highest BCUT2D eigenvalue weighted by Crippen LogP contribution is 2.15. The molecule has 2 aromatic heterocycles. The third-order valence-corrected chi connectivity index (χ3v) is 2.17. The number of nitrogens with one attached hydrogen (secondary N) is 1. The summed E-state index contributed by atoms with van der Waals surface area (Å²) < 4.78 is 0. The second-order valence-corrected chi connectivity index (χ2v) is 3.17. The van der Waals surface area contributed by atoms with E-state index in [1.807, 2.05) is 24.3 Å². The van der Waals surface area contributed by atoms with Crippen molar-refractivity contribution in [2.24, 2.45) is 0 Å². The van der Waals surface area contributed by atoms with E-state index in [0.717, 1.165) is 11.0 Å². The predicted octanol–water partition coefficient (Wildman–Crippen LogP) is 2.02. The zero-order valence-corrected chi connectivity index (χ0v) is 7.88. The van der Waals surface area contributed by atoms with E-state index in [1.54, 1.807) is 18.5 Å². The number of hydrogen-bond acceptors (Lipinski definition) is 3. The van der Waals surface area contributed by atoms with Crippen LogP contribution in [0.3, 0.4) is 0 Å². The number of rotatable bonds is 1. The average Bonchev–Trinajstić information content (AvgIpc) is 2.74. The van der Waals surface area contributed by atoms with Crippen LogP contribution >= 0.6 is 0 Å². The van der Waals surface area contributed by atoms with Crippen molar-refractivity contribution in [3.8, 4) is 11.6 Å². The van der Waals surface area contributed by atoms with Crippen molar-refractivity contribution < 1.29 is 0 Å². The number of nitrogens with zero attached hydrogens (tertiary/aromatic N) is 3. The molecule has 0 aliphatic rings. The summed E-state index contributed by atoms with van der Waals surface area (Å²) in [6.07, 6.45) is 3.41. The number of benzene rings is 1. The molecule has 2 heterocycles. The molecule has 0 saturated carbocycles. The van der Waals surface area contributed by atoms with Crippen LogP contribution in [-0.2, 0) is 0 Å². The summed E-state index contributed by atoms with van der Waals surface area (Å²) in [6.45, 7) is 0. The summed E-state index contributed by atoms with van der Waals surface area (Å²) in [6, 6.07) is 9.65. The Bertz CT molecular complexity index is 553. The minimum absolute atomic E-state index is 0.619. The molecule has 0 bridgehead atoms. The molecule has 0 saturated heterocycles. The topological polar surface area (TPSA) is 54.5 Å². The summed E-state index contributed by atoms with van der Waals surface area (Å²) >= 11 is 0. The van der Waals surface area contributed by atoms with Crippen LogP contribution < -0.4 is 0 Å². The van der Waals surface area contributed by atoms with Gasteiger partial charge in [-0.3, -0.25) is 0 Å². The maximum absolute atomic E-state index is 4.40. The minimum Gasteiger partial charge on any atom is -0.335 e. The Morgan fingerprint density at radius 3 is 2.53 bits per heavy atom. The van der Waals surface area contributed by atoms with E-state index >= 15 is 0 Å². The Hall–Kier alpha value is -2.23. The average molecular weight is 196 g/mol. The first-order valence-corrected chi connectivity index (χ1v) is 4.65. The van der Waals surface area contributed by atoms with Crippen molar-refractivity contribution in [3.63, 3.8) is 0 Å². The fourth-order valence-corrected chi connectivity index (χ4v) is 1.48. The highest BCUT2D eigenvalue weighted by Gasteiger charge is 2.05. The lowest BCUT2D eigenvalue weighted by atomic mass is 10.3. The molecule has 0 fully saturated rings. The van der Waals surface area contributed by atoms with Gasteiger partial charge in [0.1, 0.15) is 0 Å². The van der Waals surface area contributed by atoms with E-state index in [-0.39, 0.29) is 0 Å². The van der Waals surface area contributed by atoms with Crippen LogP contribution in [-0.4, -0.2) is 19.9 Å². The molecule has 72 valence electrons. The van der Waals surface area contributed by atoms with Gasteiger partial charge in [-0.2, -0.15) is 0 Å². The number of hydrogen-bond donors (Lipinski definition) is 1. The first-order chi connectivity index (χ1) is 7.43.